The van der Waals surface area contributed by atoms with E-state index in [1.54, 1.807) is 0 Å². The summed E-state index contributed by atoms with van der Waals surface area (Å²) in [6.45, 7) is 4.39. The van der Waals surface area contributed by atoms with E-state index >= 15 is 0 Å². The fourth-order valence-corrected chi connectivity index (χ4v) is 2.30. The Morgan fingerprint density at radius 2 is 1.72 bits per heavy atom. The van der Waals surface area contributed by atoms with Crippen molar-refractivity contribution in [3.05, 3.63) is 35.4 Å². The molecule has 1 aromatic carbocycles. The third-order valence-corrected chi connectivity index (χ3v) is 3.58. The molecule has 1 N–H and O–H groups in total. The van der Waals surface area contributed by atoms with E-state index in [4.69, 9.17) is 0 Å². The lowest BCUT2D eigenvalue weighted by atomic mass is 10.00. The molecule has 102 valence electrons. The molecule has 0 aliphatic carbocycles. The minimum Gasteiger partial charge on any atom is -0.388 e. The molecule has 1 atom stereocenters. The van der Waals surface area contributed by atoms with Gasteiger partial charge in [0.05, 0.1) is 6.10 Å². The van der Waals surface area contributed by atoms with Gasteiger partial charge in [-0.05, 0) is 24.0 Å². The molecule has 0 spiro atoms. The van der Waals surface area contributed by atoms with Crippen molar-refractivity contribution >= 4 is 0 Å². The maximum Gasteiger partial charge on any atom is 0.0790 e. The number of hydrogen-bond donors (Lipinski definition) is 1. The van der Waals surface area contributed by atoms with Gasteiger partial charge in [-0.1, -0.05) is 76.6 Å². The Morgan fingerprint density at radius 1 is 1.00 bits per heavy atom. The summed E-state index contributed by atoms with van der Waals surface area (Å²) < 4.78 is 0. The monoisotopic (exact) mass is 248 g/mol. The highest BCUT2D eigenvalue weighted by atomic mass is 16.3. The Labute approximate surface area is 112 Å². The number of aliphatic hydroxyl groups is 1. The number of hydrogen-bond acceptors (Lipinski definition) is 1. The Hall–Kier alpha value is -0.820. The minimum atomic E-state index is -0.275. The maximum atomic E-state index is 10.1. The van der Waals surface area contributed by atoms with Crippen molar-refractivity contribution in [1.82, 2.24) is 0 Å². The van der Waals surface area contributed by atoms with Crippen LogP contribution in [0.2, 0.25) is 0 Å². The summed E-state index contributed by atoms with van der Waals surface area (Å²) in [5.74, 6) is 0. The van der Waals surface area contributed by atoms with Crippen LogP contribution in [0.25, 0.3) is 0 Å². The molecule has 0 amide bonds. The number of benzene rings is 1. The second kappa shape index (κ2) is 9.16. The molecule has 0 fully saturated rings. The Balaban J connectivity index is 2.25. The maximum absolute atomic E-state index is 10.1. The van der Waals surface area contributed by atoms with Crippen LogP contribution in [0.5, 0.6) is 0 Å². The first-order valence-electron chi connectivity index (χ1n) is 7.54. The second-order valence-electron chi connectivity index (χ2n) is 5.17. The topological polar surface area (TPSA) is 20.2 Å². The fourth-order valence-electron chi connectivity index (χ4n) is 2.30. The highest BCUT2D eigenvalue weighted by Crippen LogP contribution is 2.21. The molecule has 0 aromatic heterocycles. The molecule has 0 heterocycles. The number of rotatable bonds is 9. The first-order chi connectivity index (χ1) is 8.77. The van der Waals surface area contributed by atoms with Gasteiger partial charge in [0, 0.05) is 0 Å². The van der Waals surface area contributed by atoms with Crippen molar-refractivity contribution < 1.29 is 5.11 Å². The summed E-state index contributed by atoms with van der Waals surface area (Å²) in [7, 11) is 0. The molecule has 1 nitrogen and oxygen atoms in total. The van der Waals surface area contributed by atoms with Gasteiger partial charge in [0.25, 0.3) is 0 Å². The highest BCUT2D eigenvalue weighted by molar-refractivity contribution is 5.25. The zero-order valence-electron chi connectivity index (χ0n) is 12.0. The third-order valence-electron chi connectivity index (χ3n) is 3.58. The van der Waals surface area contributed by atoms with Crippen LogP contribution in [0.3, 0.4) is 0 Å². The van der Waals surface area contributed by atoms with Crippen LogP contribution in [-0.2, 0) is 6.42 Å². The van der Waals surface area contributed by atoms with Gasteiger partial charge in [0.2, 0.25) is 0 Å². The number of unbranched alkanes of at least 4 members (excludes halogenated alkanes) is 5. The predicted octanol–water partition coefficient (Wildman–Crippen LogP) is 5.03. The van der Waals surface area contributed by atoms with Gasteiger partial charge in [0.15, 0.2) is 0 Å². The first kappa shape index (κ1) is 15.2. The average Bonchev–Trinajstić information content (AvgIpc) is 2.42. The second-order valence-corrected chi connectivity index (χ2v) is 5.17. The molecule has 0 aliphatic rings. The quantitative estimate of drug-likeness (QED) is 0.607. The summed E-state index contributed by atoms with van der Waals surface area (Å²) in [5.41, 5.74) is 2.40. The van der Waals surface area contributed by atoms with Gasteiger partial charge < -0.3 is 5.11 Å². The zero-order chi connectivity index (χ0) is 13.2. The molecule has 0 radical (unpaired) electrons. The third kappa shape index (κ3) is 5.68. The molecular weight excluding hydrogens is 220 g/mol. The molecular formula is C17H28O. The summed E-state index contributed by atoms with van der Waals surface area (Å²) in [6.07, 6.45) is 9.37. The lowest BCUT2D eigenvalue weighted by molar-refractivity contribution is 0.163. The first-order valence-corrected chi connectivity index (χ1v) is 7.54. The smallest absolute Gasteiger partial charge is 0.0790 e. The Morgan fingerprint density at radius 3 is 2.44 bits per heavy atom. The van der Waals surface area contributed by atoms with Crippen LogP contribution in [-0.4, -0.2) is 5.11 Å². The zero-order valence-corrected chi connectivity index (χ0v) is 12.0. The van der Waals surface area contributed by atoms with Crippen molar-refractivity contribution in [3.8, 4) is 0 Å². The molecule has 1 heteroatoms. The van der Waals surface area contributed by atoms with E-state index in [2.05, 4.69) is 32.0 Å². The van der Waals surface area contributed by atoms with Crippen molar-refractivity contribution in [2.45, 2.75) is 71.3 Å². The summed E-state index contributed by atoms with van der Waals surface area (Å²) in [5, 5.41) is 10.1. The lowest BCUT2D eigenvalue weighted by Crippen LogP contribution is -1.98. The minimum absolute atomic E-state index is 0.275. The molecule has 0 bridgehead atoms. The van der Waals surface area contributed by atoms with Gasteiger partial charge in [-0.15, -0.1) is 0 Å². The van der Waals surface area contributed by atoms with Gasteiger partial charge in [-0.25, -0.2) is 0 Å². The standard InChI is InChI=1S/C17H28O/c1-3-5-6-7-8-9-13-17(18)16-12-10-11-15(4-2)14-16/h10-12,14,17-18H,3-9,13H2,1-2H3. The molecule has 18 heavy (non-hydrogen) atoms. The predicted molar refractivity (Wildman–Crippen MR) is 78.8 cm³/mol. The summed E-state index contributed by atoms with van der Waals surface area (Å²) in [4.78, 5) is 0. The molecule has 1 unspecified atom stereocenters. The molecule has 0 saturated heterocycles. The van der Waals surface area contributed by atoms with Crippen LogP contribution in [0.4, 0.5) is 0 Å². The van der Waals surface area contributed by atoms with Crippen molar-refractivity contribution in [3.63, 3.8) is 0 Å². The number of aryl methyl sites for hydroxylation is 1. The Kier molecular flexibility index (Phi) is 7.75. The molecule has 1 aromatic rings. The Bertz CT molecular complexity index is 319. The van der Waals surface area contributed by atoms with E-state index in [1.807, 2.05) is 6.07 Å². The van der Waals surface area contributed by atoms with E-state index in [9.17, 15) is 5.11 Å². The molecule has 0 saturated carbocycles. The van der Waals surface area contributed by atoms with Gasteiger partial charge >= 0.3 is 0 Å². The van der Waals surface area contributed by atoms with Gasteiger partial charge in [-0.2, -0.15) is 0 Å². The van der Waals surface area contributed by atoms with Crippen LogP contribution in [0.15, 0.2) is 24.3 Å². The van der Waals surface area contributed by atoms with Crippen LogP contribution < -0.4 is 0 Å². The van der Waals surface area contributed by atoms with E-state index in [0.717, 1.165) is 24.8 Å². The number of aliphatic hydroxyl groups excluding tert-OH is 1. The summed E-state index contributed by atoms with van der Waals surface area (Å²) >= 11 is 0. The molecule has 0 aliphatic heterocycles. The highest BCUT2D eigenvalue weighted by Gasteiger charge is 2.07. The van der Waals surface area contributed by atoms with Crippen LogP contribution in [0.1, 0.15) is 76.0 Å². The molecule has 1 rings (SSSR count). The van der Waals surface area contributed by atoms with Crippen molar-refractivity contribution in [2.75, 3.05) is 0 Å². The van der Waals surface area contributed by atoms with E-state index < -0.39 is 0 Å². The largest absolute Gasteiger partial charge is 0.388 e. The van der Waals surface area contributed by atoms with Gasteiger partial charge in [0.1, 0.15) is 0 Å². The fraction of sp³-hybridized carbons (Fsp3) is 0.647. The van der Waals surface area contributed by atoms with E-state index in [1.165, 1.54) is 37.7 Å². The van der Waals surface area contributed by atoms with Crippen LogP contribution in [0, 0.1) is 0 Å². The average molecular weight is 248 g/mol. The van der Waals surface area contributed by atoms with E-state index in [0.29, 0.717) is 0 Å². The SMILES string of the molecule is CCCCCCCCC(O)c1cccc(CC)c1. The van der Waals surface area contributed by atoms with Crippen molar-refractivity contribution in [2.24, 2.45) is 0 Å². The lowest BCUT2D eigenvalue weighted by Gasteiger charge is -2.12. The normalized spacial score (nSPS) is 12.6. The van der Waals surface area contributed by atoms with E-state index in [-0.39, 0.29) is 6.10 Å². The van der Waals surface area contributed by atoms with Gasteiger partial charge in [-0.3, -0.25) is 0 Å². The van der Waals surface area contributed by atoms with Crippen molar-refractivity contribution in [1.29, 1.82) is 0 Å². The summed E-state index contributed by atoms with van der Waals surface area (Å²) in [6, 6.07) is 8.36. The van der Waals surface area contributed by atoms with Crippen LogP contribution >= 0.6 is 0 Å².